The summed E-state index contributed by atoms with van der Waals surface area (Å²) in [6.07, 6.45) is 1.29. The van der Waals surface area contributed by atoms with E-state index in [9.17, 15) is 4.79 Å². The zero-order chi connectivity index (χ0) is 11.3. The monoisotopic (exact) mass is 213 g/mol. The van der Waals surface area contributed by atoms with E-state index in [1.165, 1.54) is 0 Å². The first-order valence-electron chi connectivity index (χ1n) is 5.94. The standard InChI is InChI=1S/C11H23N3O/c1-4-13(5-2)7-6-8-14-10(3)12-9-11(14)15/h10,12H,4-9H2,1-3H3. The van der Waals surface area contributed by atoms with Gasteiger partial charge in [-0.1, -0.05) is 13.8 Å². The quantitative estimate of drug-likeness (QED) is 0.698. The van der Waals surface area contributed by atoms with Gasteiger partial charge >= 0.3 is 0 Å². The number of rotatable bonds is 6. The van der Waals surface area contributed by atoms with Crippen LogP contribution in [0.25, 0.3) is 0 Å². The molecule has 0 bridgehead atoms. The number of nitrogens with one attached hydrogen (secondary N) is 1. The van der Waals surface area contributed by atoms with Gasteiger partial charge in [0.1, 0.15) is 0 Å². The van der Waals surface area contributed by atoms with Crippen LogP contribution in [-0.4, -0.2) is 54.6 Å². The van der Waals surface area contributed by atoms with Gasteiger partial charge in [-0.15, -0.1) is 0 Å². The fourth-order valence-corrected chi connectivity index (χ4v) is 1.99. The lowest BCUT2D eigenvalue weighted by molar-refractivity contribution is -0.127. The summed E-state index contributed by atoms with van der Waals surface area (Å²) in [7, 11) is 0. The lowest BCUT2D eigenvalue weighted by Crippen LogP contribution is -2.37. The Balaban J connectivity index is 2.21. The molecule has 15 heavy (non-hydrogen) atoms. The van der Waals surface area contributed by atoms with Crippen molar-refractivity contribution in [2.75, 3.05) is 32.7 Å². The summed E-state index contributed by atoms with van der Waals surface area (Å²) in [5.41, 5.74) is 0. The van der Waals surface area contributed by atoms with Crippen LogP contribution in [0, 0.1) is 0 Å². The highest BCUT2D eigenvalue weighted by Crippen LogP contribution is 2.05. The second-order valence-corrected chi connectivity index (χ2v) is 4.02. The maximum absolute atomic E-state index is 11.4. The average molecular weight is 213 g/mol. The summed E-state index contributed by atoms with van der Waals surface area (Å²) in [5.74, 6) is 0.238. The smallest absolute Gasteiger partial charge is 0.237 e. The molecule has 4 nitrogen and oxygen atoms in total. The summed E-state index contributed by atoms with van der Waals surface area (Å²) in [6.45, 7) is 11.1. The minimum atomic E-state index is 0.217. The van der Waals surface area contributed by atoms with Crippen molar-refractivity contribution >= 4 is 5.91 Å². The number of hydrogen-bond donors (Lipinski definition) is 1. The van der Waals surface area contributed by atoms with Crippen molar-refractivity contribution in [3.63, 3.8) is 0 Å². The predicted molar refractivity (Wildman–Crippen MR) is 61.6 cm³/mol. The van der Waals surface area contributed by atoms with Gasteiger partial charge in [0.15, 0.2) is 0 Å². The van der Waals surface area contributed by atoms with E-state index in [1.807, 2.05) is 11.8 Å². The molecule has 1 aliphatic heterocycles. The van der Waals surface area contributed by atoms with Crippen molar-refractivity contribution < 1.29 is 4.79 Å². The zero-order valence-corrected chi connectivity index (χ0v) is 10.1. The zero-order valence-electron chi connectivity index (χ0n) is 10.1. The lowest BCUT2D eigenvalue weighted by atomic mass is 10.3. The molecule has 1 rings (SSSR count). The van der Waals surface area contributed by atoms with Crippen molar-refractivity contribution in [2.24, 2.45) is 0 Å². The Morgan fingerprint density at radius 2 is 2.13 bits per heavy atom. The van der Waals surface area contributed by atoms with Gasteiger partial charge in [-0.05, 0) is 33.0 Å². The van der Waals surface area contributed by atoms with Gasteiger partial charge in [-0.3, -0.25) is 10.1 Å². The Hall–Kier alpha value is -0.610. The van der Waals surface area contributed by atoms with Crippen LogP contribution in [0.2, 0.25) is 0 Å². The second-order valence-electron chi connectivity index (χ2n) is 4.02. The van der Waals surface area contributed by atoms with Crippen molar-refractivity contribution in [1.29, 1.82) is 0 Å². The third-order valence-corrected chi connectivity index (χ3v) is 3.10. The largest absolute Gasteiger partial charge is 0.326 e. The van der Waals surface area contributed by atoms with Crippen LogP contribution < -0.4 is 5.32 Å². The molecule has 1 fully saturated rings. The predicted octanol–water partition coefficient (Wildman–Crippen LogP) is 0.496. The molecule has 1 atom stereocenters. The molecule has 1 unspecified atom stereocenters. The third-order valence-electron chi connectivity index (χ3n) is 3.10. The number of amides is 1. The fourth-order valence-electron chi connectivity index (χ4n) is 1.99. The summed E-state index contributed by atoms with van der Waals surface area (Å²) in [6, 6.07) is 0. The van der Waals surface area contributed by atoms with Gasteiger partial charge in [0.2, 0.25) is 5.91 Å². The summed E-state index contributed by atoms with van der Waals surface area (Å²) < 4.78 is 0. The normalized spacial score (nSPS) is 21.7. The molecule has 4 heteroatoms. The van der Waals surface area contributed by atoms with Crippen LogP contribution in [0.5, 0.6) is 0 Å². The number of nitrogens with zero attached hydrogens (tertiary/aromatic N) is 2. The van der Waals surface area contributed by atoms with E-state index in [-0.39, 0.29) is 12.1 Å². The molecule has 1 saturated heterocycles. The average Bonchev–Trinajstić information content (AvgIpc) is 2.55. The molecule has 0 aliphatic carbocycles. The van der Waals surface area contributed by atoms with Gasteiger partial charge in [0, 0.05) is 6.54 Å². The van der Waals surface area contributed by atoms with E-state index < -0.39 is 0 Å². The molecule has 1 amide bonds. The van der Waals surface area contributed by atoms with Crippen LogP contribution in [0.15, 0.2) is 0 Å². The molecule has 1 heterocycles. The maximum atomic E-state index is 11.4. The van der Waals surface area contributed by atoms with E-state index in [0.29, 0.717) is 6.54 Å². The fraction of sp³-hybridized carbons (Fsp3) is 0.909. The summed E-state index contributed by atoms with van der Waals surface area (Å²) >= 11 is 0. The van der Waals surface area contributed by atoms with Gasteiger partial charge in [-0.2, -0.15) is 0 Å². The first kappa shape index (κ1) is 12.5. The Labute approximate surface area is 92.6 Å². The molecule has 0 spiro atoms. The highest BCUT2D eigenvalue weighted by Gasteiger charge is 2.25. The van der Waals surface area contributed by atoms with Crippen LogP contribution in [0.4, 0.5) is 0 Å². The highest BCUT2D eigenvalue weighted by atomic mass is 16.2. The first-order chi connectivity index (χ1) is 7.19. The molecular weight excluding hydrogens is 190 g/mol. The minimum absolute atomic E-state index is 0.217. The van der Waals surface area contributed by atoms with Gasteiger partial charge in [0.25, 0.3) is 0 Å². The van der Waals surface area contributed by atoms with Gasteiger partial charge in [-0.25, -0.2) is 0 Å². The Morgan fingerprint density at radius 1 is 1.47 bits per heavy atom. The van der Waals surface area contributed by atoms with Crippen LogP contribution in [-0.2, 0) is 4.79 Å². The van der Waals surface area contributed by atoms with Crippen molar-refractivity contribution in [3.05, 3.63) is 0 Å². The maximum Gasteiger partial charge on any atom is 0.237 e. The number of carbonyl (C=O) groups excluding carboxylic acids is 1. The van der Waals surface area contributed by atoms with Gasteiger partial charge in [0.05, 0.1) is 12.7 Å². The van der Waals surface area contributed by atoms with Crippen LogP contribution in [0.3, 0.4) is 0 Å². The first-order valence-corrected chi connectivity index (χ1v) is 5.94. The lowest BCUT2D eigenvalue weighted by Gasteiger charge is -2.23. The Kier molecular flexibility index (Phi) is 5.05. The van der Waals surface area contributed by atoms with Crippen molar-refractivity contribution in [3.8, 4) is 0 Å². The van der Waals surface area contributed by atoms with Crippen LogP contribution in [0.1, 0.15) is 27.2 Å². The molecule has 88 valence electrons. The summed E-state index contributed by atoms with van der Waals surface area (Å²) in [5, 5.41) is 3.15. The molecule has 1 N–H and O–H groups in total. The molecule has 1 aliphatic rings. The van der Waals surface area contributed by atoms with E-state index in [4.69, 9.17) is 0 Å². The molecule has 0 radical (unpaired) electrons. The molecule has 0 aromatic carbocycles. The van der Waals surface area contributed by atoms with Crippen LogP contribution >= 0.6 is 0 Å². The van der Waals surface area contributed by atoms with E-state index in [2.05, 4.69) is 24.1 Å². The second kappa shape index (κ2) is 6.08. The highest BCUT2D eigenvalue weighted by molar-refractivity contribution is 5.80. The number of hydrogen-bond acceptors (Lipinski definition) is 3. The van der Waals surface area contributed by atoms with E-state index in [0.717, 1.165) is 32.6 Å². The van der Waals surface area contributed by atoms with Crippen molar-refractivity contribution in [1.82, 2.24) is 15.1 Å². The molecular formula is C11H23N3O. The third kappa shape index (κ3) is 3.47. The van der Waals surface area contributed by atoms with Crippen molar-refractivity contribution in [2.45, 2.75) is 33.4 Å². The number of carbonyl (C=O) groups is 1. The van der Waals surface area contributed by atoms with Gasteiger partial charge < -0.3 is 9.80 Å². The molecule has 0 aromatic heterocycles. The topological polar surface area (TPSA) is 35.6 Å². The summed E-state index contributed by atoms with van der Waals surface area (Å²) in [4.78, 5) is 15.8. The molecule has 0 aromatic rings. The Morgan fingerprint density at radius 3 is 2.60 bits per heavy atom. The van der Waals surface area contributed by atoms with E-state index in [1.54, 1.807) is 0 Å². The SMILES string of the molecule is CCN(CC)CCCN1C(=O)CNC1C. The minimum Gasteiger partial charge on any atom is -0.326 e. The van der Waals surface area contributed by atoms with E-state index >= 15 is 0 Å². The Bertz CT molecular complexity index is 204. The molecule has 0 saturated carbocycles.